The molecular weight excluding hydrogens is 430 g/mol. The van der Waals surface area contributed by atoms with E-state index in [2.05, 4.69) is 10.6 Å². The summed E-state index contributed by atoms with van der Waals surface area (Å²) in [4.78, 5) is 27.8. The number of aliphatic hydroxyl groups is 1. The van der Waals surface area contributed by atoms with Gasteiger partial charge in [-0.1, -0.05) is 48.5 Å². The molecule has 176 valence electrons. The van der Waals surface area contributed by atoms with E-state index >= 15 is 0 Å². The standard InChI is InChI=1S/C27H29N3O4/c1-3-34-22-17-15-21(16-18-22)30-26(32)29-24-12-8-7-11-23(24)27(30,33)25(31)28-19(2)13-14-20-9-5-4-6-10-20/h4-12,15-19,33H,3,13-14H2,1-2H3,(H,28,31)(H,29,32)/t19-,27-/m0/s1. The lowest BCUT2D eigenvalue weighted by Crippen LogP contribution is -2.63. The van der Waals surface area contributed by atoms with Gasteiger partial charge in [-0.25, -0.2) is 4.79 Å². The molecule has 0 unspecified atom stereocenters. The lowest BCUT2D eigenvalue weighted by Gasteiger charge is -2.43. The Hall–Kier alpha value is -3.84. The Labute approximate surface area is 199 Å². The number of carbonyl (C=O) groups excluding carboxylic acids is 2. The number of aryl methyl sites for hydroxylation is 1. The molecule has 1 aliphatic heterocycles. The van der Waals surface area contributed by atoms with Crippen LogP contribution in [0.3, 0.4) is 0 Å². The number of ether oxygens (including phenoxy) is 1. The molecule has 3 aromatic rings. The van der Waals surface area contributed by atoms with Gasteiger partial charge in [0.2, 0.25) is 0 Å². The fourth-order valence-electron chi connectivity index (χ4n) is 4.15. The summed E-state index contributed by atoms with van der Waals surface area (Å²) in [5.41, 5.74) is -0.00107. The van der Waals surface area contributed by atoms with Crippen molar-refractivity contribution in [1.82, 2.24) is 5.32 Å². The Bertz CT molecular complexity index is 1150. The van der Waals surface area contributed by atoms with E-state index in [1.54, 1.807) is 48.5 Å². The van der Waals surface area contributed by atoms with Gasteiger partial charge in [0.15, 0.2) is 0 Å². The number of hydrogen-bond acceptors (Lipinski definition) is 4. The van der Waals surface area contributed by atoms with Gasteiger partial charge in [-0.3, -0.25) is 9.69 Å². The summed E-state index contributed by atoms with van der Waals surface area (Å²) in [5.74, 6) is -0.0316. The normalized spacial score (nSPS) is 18.0. The van der Waals surface area contributed by atoms with Crippen LogP contribution in [0, 0.1) is 0 Å². The fourth-order valence-corrected chi connectivity index (χ4v) is 4.15. The fraction of sp³-hybridized carbons (Fsp3) is 0.259. The van der Waals surface area contributed by atoms with Crippen LogP contribution in [0.5, 0.6) is 5.75 Å². The van der Waals surface area contributed by atoms with Gasteiger partial charge in [0.1, 0.15) is 5.75 Å². The number of benzene rings is 3. The van der Waals surface area contributed by atoms with E-state index in [0.717, 1.165) is 11.3 Å². The molecule has 3 N–H and O–H groups in total. The van der Waals surface area contributed by atoms with Crippen LogP contribution in [0.4, 0.5) is 16.2 Å². The monoisotopic (exact) mass is 459 g/mol. The lowest BCUT2D eigenvalue weighted by atomic mass is 9.94. The number of urea groups is 1. The molecule has 0 saturated heterocycles. The zero-order chi connectivity index (χ0) is 24.1. The first-order chi connectivity index (χ1) is 16.4. The summed E-state index contributed by atoms with van der Waals surface area (Å²) in [7, 11) is 0. The zero-order valence-corrected chi connectivity index (χ0v) is 19.3. The molecule has 0 aromatic heterocycles. The molecule has 34 heavy (non-hydrogen) atoms. The Balaban J connectivity index is 1.63. The first-order valence-electron chi connectivity index (χ1n) is 11.4. The molecule has 1 heterocycles. The summed E-state index contributed by atoms with van der Waals surface area (Å²) in [5, 5.41) is 17.6. The smallest absolute Gasteiger partial charge is 0.329 e. The quantitative estimate of drug-likeness (QED) is 0.465. The van der Waals surface area contributed by atoms with Crippen LogP contribution in [0.1, 0.15) is 31.4 Å². The molecule has 7 nitrogen and oxygen atoms in total. The molecule has 7 heteroatoms. The second kappa shape index (κ2) is 9.97. The number of anilines is 2. The number of amides is 3. The van der Waals surface area contributed by atoms with Crippen molar-refractivity contribution in [3.05, 3.63) is 90.0 Å². The first kappa shape index (κ1) is 23.3. The topological polar surface area (TPSA) is 90.9 Å². The van der Waals surface area contributed by atoms with Crippen molar-refractivity contribution in [3.63, 3.8) is 0 Å². The number of hydrogen-bond donors (Lipinski definition) is 3. The van der Waals surface area contributed by atoms with E-state index in [1.807, 2.05) is 44.2 Å². The van der Waals surface area contributed by atoms with Crippen LogP contribution in [-0.4, -0.2) is 29.7 Å². The third-order valence-corrected chi connectivity index (χ3v) is 5.88. The Morgan fingerprint density at radius 3 is 2.44 bits per heavy atom. The molecule has 4 rings (SSSR count). The molecule has 3 aromatic carbocycles. The third kappa shape index (κ3) is 4.61. The Morgan fingerprint density at radius 1 is 1.06 bits per heavy atom. The zero-order valence-electron chi connectivity index (χ0n) is 19.3. The second-order valence-electron chi connectivity index (χ2n) is 8.31. The average Bonchev–Trinajstić information content (AvgIpc) is 2.84. The molecule has 2 atom stereocenters. The molecular formula is C27H29N3O4. The van der Waals surface area contributed by atoms with Crippen LogP contribution in [-0.2, 0) is 16.9 Å². The number of nitrogens with zero attached hydrogens (tertiary/aromatic N) is 1. The molecule has 0 spiro atoms. The minimum atomic E-state index is -2.23. The summed E-state index contributed by atoms with van der Waals surface area (Å²) < 4.78 is 5.49. The Morgan fingerprint density at radius 2 is 1.74 bits per heavy atom. The van der Waals surface area contributed by atoms with Crippen molar-refractivity contribution in [3.8, 4) is 5.75 Å². The molecule has 0 aliphatic carbocycles. The number of nitrogens with one attached hydrogen (secondary N) is 2. The number of rotatable bonds is 8. The molecule has 0 radical (unpaired) electrons. The predicted molar refractivity (Wildman–Crippen MR) is 132 cm³/mol. The highest BCUT2D eigenvalue weighted by Crippen LogP contribution is 2.40. The van der Waals surface area contributed by atoms with E-state index < -0.39 is 17.7 Å². The molecule has 0 saturated carbocycles. The average molecular weight is 460 g/mol. The Kier molecular flexibility index (Phi) is 6.84. The highest BCUT2D eigenvalue weighted by molar-refractivity contribution is 6.11. The van der Waals surface area contributed by atoms with Crippen molar-refractivity contribution in [2.24, 2.45) is 0 Å². The van der Waals surface area contributed by atoms with Gasteiger partial charge in [0.05, 0.1) is 12.3 Å². The van der Waals surface area contributed by atoms with Crippen LogP contribution in [0.2, 0.25) is 0 Å². The number of para-hydroxylation sites is 1. The van der Waals surface area contributed by atoms with Crippen molar-refractivity contribution in [2.75, 3.05) is 16.8 Å². The van der Waals surface area contributed by atoms with Gasteiger partial charge in [0.25, 0.3) is 11.6 Å². The van der Waals surface area contributed by atoms with E-state index in [0.29, 0.717) is 35.7 Å². The molecule has 3 amide bonds. The van der Waals surface area contributed by atoms with Gasteiger partial charge in [-0.2, -0.15) is 0 Å². The summed E-state index contributed by atoms with van der Waals surface area (Å²) in [6.07, 6.45) is 1.46. The predicted octanol–water partition coefficient (Wildman–Crippen LogP) is 4.42. The maximum atomic E-state index is 13.6. The van der Waals surface area contributed by atoms with Crippen molar-refractivity contribution < 1.29 is 19.4 Å². The molecule has 0 bridgehead atoms. The van der Waals surface area contributed by atoms with Crippen LogP contribution in [0.15, 0.2) is 78.9 Å². The van der Waals surface area contributed by atoms with E-state index in [9.17, 15) is 14.7 Å². The van der Waals surface area contributed by atoms with Crippen molar-refractivity contribution in [2.45, 2.75) is 38.5 Å². The number of fused-ring (bicyclic) bond motifs is 1. The molecule has 1 aliphatic rings. The SMILES string of the molecule is CCOc1ccc(N2C(=O)Nc3ccccc3[C@]2(O)C(=O)N[C@@H](C)CCc2ccccc2)cc1. The van der Waals surface area contributed by atoms with Gasteiger partial charge < -0.3 is 20.5 Å². The maximum Gasteiger partial charge on any atom is 0.329 e. The van der Waals surface area contributed by atoms with Crippen LogP contribution in [0.25, 0.3) is 0 Å². The van der Waals surface area contributed by atoms with Gasteiger partial charge in [-0.15, -0.1) is 0 Å². The highest BCUT2D eigenvalue weighted by Gasteiger charge is 2.52. The van der Waals surface area contributed by atoms with Gasteiger partial charge in [0, 0.05) is 17.3 Å². The minimum absolute atomic E-state index is 0.226. The lowest BCUT2D eigenvalue weighted by molar-refractivity contribution is -0.141. The van der Waals surface area contributed by atoms with Crippen molar-refractivity contribution in [1.29, 1.82) is 0 Å². The van der Waals surface area contributed by atoms with E-state index in [4.69, 9.17) is 4.74 Å². The van der Waals surface area contributed by atoms with Gasteiger partial charge >= 0.3 is 6.03 Å². The first-order valence-corrected chi connectivity index (χ1v) is 11.4. The summed E-state index contributed by atoms with van der Waals surface area (Å²) in [6.45, 7) is 4.27. The van der Waals surface area contributed by atoms with Crippen LogP contribution < -0.4 is 20.3 Å². The number of carbonyl (C=O) groups is 2. The minimum Gasteiger partial charge on any atom is -0.494 e. The molecule has 0 fully saturated rings. The highest BCUT2D eigenvalue weighted by atomic mass is 16.5. The van der Waals surface area contributed by atoms with Crippen molar-refractivity contribution >= 4 is 23.3 Å². The summed E-state index contributed by atoms with van der Waals surface area (Å²) >= 11 is 0. The third-order valence-electron chi connectivity index (χ3n) is 5.88. The van der Waals surface area contributed by atoms with E-state index in [-0.39, 0.29) is 6.04 Å². The van der Waals surface area contributed by atoms with E-state index in [1.165, 1.54) is 5.56 Å². The van der Waals surface area contributed by atoms with Gasteiger partial charge in [-0.05, 0) is 62.6 Å². The second-order valence-corrected chi connectivity index (χ2v) is 8.31. The maximum absolute atomic E-state index is 13.6. The summed E-state index contributed by atoms with van der Waals surface area (Å²) in [6, 6.07) is 22.7. The van der Waals surface area contributed by atoms with Crippen LogP contribution >= 0.6 is 0 Å². The largest absolute Gasteiger partial charge is 0.494 e.